The van der Waals surface area contributed by atoms with Crippen LogP contribution in [0.1, 0.15) is 5.56 Å². The van der Waals surface area contributed by atoms with Crippen molar-refractivity contribution in [2.45, 2.75) is 6.92 Å². The minimum absolute atomic E-state index is 0.361. The lowest BCUT2D eigenvalue weighted by Crippen LogP contribution is -2.05. The monoisotopic (exact) mass is 337 g/mol. The van der Waals surface area contributed by atoms with Gasteiger partial charge in [-0.25, -0.2) is 9.97 Å². The number of rotatable bonds is 0. The van der Waals surface area contributed by atoms with Crippen LogP contribution in [0.15, 0.2) is 52.1 Å². The largest absolute Gasteiger partial charge is 0.288 e. The molecule has 6 rings (SSSR count). The molecule has 1 N–H and O–H groups in total. The third-order valence-corrected chi connectivity index (χ3v) is 5.27. The van der Waals surface area contributed by atoms with Gasteiger partial charge >= 0.3 is 0 Å². The molecule has 0 radical (unpaired) electrons. The van der Waals surface area contributed by atoms with E-state index in [4.69, 9.17) is 9.97 Å². The molecule has 0 saturated carbocycles. The number of para-hydroxylation sites is 1. The van der Waals surface area contributed by atoms with E-state index in [9.17, 15) is 9.59 Å². The van der Waals surface area contributed by atoms with E-state index in [0.717, 1.165) is 32.8 Å². The average molecular weight is 337 g/mol. The first-order valence-corrected chi connectivity index (χ1v) is 8.37. The van der Waals surface area contributed by atoms with Gasteiger partial charge in [0.2, 0.25) is 0 Å². The highest BCUT2D eigenvalue weighted by atomic mass is 16.2. The van der Waals surface area contributed by atoms with Crippen molar-refractivity contribution in [1.82, 2.24) is 15.0 Å². The molecule has 5 heteroatoms. The number of nitrogens with zero attached hydrogens (tertiary/aromatic N) is 2. The van der Waals surface area contributed by atoms with Gasteiger partial charge in [-0.1, -0.05) is 30.3 Å². The number of hydrogen-bond donors (Lipinski definition) is 1. The van der Waals surface area contributed by atoms with Gasteiger partial charge in [0.15, 0.2) is 0 Å². The van der Waals surface area contributed by atoms with Crippen molar-refractivity contribution in [2.24, 2.45) is 0 Å². The van der Waals surface area contributed by atoms with Gasteiger partial charge in [-0.15, -0.1) is 0 Å². The number of benzene rings is 3. The Morgan fingerprint density at radius 3 is 2.19 bits per heavy atom. The van der Waals surface area contributed by atoms with Crippen LogP contribution in [0.5, 0.6) is 0 Å². The summed E-state index contributed by atoms with van der Waals surface area (Å²) in [6, 6.07) is 13.5. The summed E-state index contributed by atoms with van der Waals surface area (Å²) in [7, 11) is 0. The summed E-state index contributed by atoms with van der Waals surface area (Å²) in [6.07, 6.45) is 0. The van der Waals surface area contributed by atoms with Gasteiger partial charge in [-0.05, 0) is 24.6 Å². The summed E-state index contributed by atoms with van der Waals surface area (Å²) in [4.78, 5) is 37.3. The number of hydrogen-bond acceptors (Lipinski definition) is 4. The van der Waals surface area contributed by atoms with Gasteiger partial charge in [0.1, 0.15) is 0 Å². The fourth-order valence-electron chi connectivity index (χ4n) is 4.22. The highest BCUT2D eigenvalue weighted by molar-refractivity contribution is 6.35. The Morgan fingerprint density at radius 1 is 0.692 bits per heavy atom. The van der Waals surface area contributed by atoms with E-state index in [-0.39, 0.29) is 11.1 Å². The lowest BCUT2D eigenvalue weighted by molar-refractivity contribution is 1.26. The number of nitrogens with one attached hydrogen (secondary N) is 1. The van der Waals surface area contributed by atoms with E-state index < -0.39 is 0 Å². The van der Waals surface area contributed by atoms with Gasteiger partial charge in [0, 0.05) is 21.5 Å². The molecule has 26 heavy (non-hydrogen) atoms. The van der Waals surface area contributed by atoms with Crippen molar-refractivity contribution in [2.75, 3.05) is 0 Å². The van der Waals surface area contributed by atoms with Crippen molar-refractivity contribution in [3.8, 4) is 0 Å². The third-order valence-electron chi connectivity index (χ3n) is 5.27. The Balaban J connectivity index is 2.14. The van der Waals surface area contributed by atoms with Crippen molar-refractivity contribution in [3.63, 3.8) is 0 Å². The Labute approximate surface area is 145 Å². The van der Waals surface area contributed by atoms with E-state index in [2.05, 4.69) is 4.98 Å². The molecule has 0 bridgehead atoms. The molecular formula is C21H11N3O2. The number of fused-ring (bicyclic) bond motifs is 10. The second-order valence-electron chi connectivity index (χ2n) is 6.69. The molecule has 0 unspecified atom stereocenters. The van der Waals surface area contributed by atoms with E-state index in [1.807, 2.05) is 49.4 Å². The van der Waals surface area contributed by atoms with E-state index in [0.29, 0.717) is 27.2 Å². The molecule has 0 aliphatic heterocycles. The van der Waals surface area contributed by atoms with E-state index in [1.165, 1.54) is 0 Å². The molecule has 3 aromatic heterocycles. The summed E-state index contributed by atoms with van der Waals surface area (Å²) in [5.41, 5.74) is 3.28. The van der Waals surface area contributed by atoms with Crippen LogP contribution in [0.25, 0.3) is 54.4 Å². The van der Waals surface area contributed by atoms with Crippen molar-refractivity contribution < 1.29 is 0 Å². The first-order valence-electron chi connectivity index (χ1n) is 8.37. The lowest BCUT2D eigenvalue weighted by atomic mass is 10.00. The molecule has 122 valence electrons. The molecule has 5 nitrogen and oxygen atoms in total. The number of aryl methyl sites for hydroxylation is 1. The highest BCUT2D eigenvalue weighted by Gasteiger charge is 2.23. The molecule has 0 atom stereocenters. The molecule has 0 saturated heterocycles. The van der Waals surface area contributed by atoms with Crippen LogP contribution in [-0.2, 0) is 0 Å². The zero-order valence-electron chi connectivity index (χ0n) is 13.8. The summed E-state index contributed by atoms with van der Waals surface area (Å²) in [6.45, 7) is 1.99. The standard InChI is InChI=1S/C21H11N3O2/c1-9-5-4-8-12-13(9)15-17-16(20(25)24-21(17)26)14-10-6-2-3-7-11(10)22-18(14)19(15)23-12/h2-8H,1H3,(H,24,25,26). The average Bonchev–Trinajstić information content (AvgIpc) is 3.26. The first kappa shape index (κ1) is 13.7. The number of H-pyrrole nitrogens is 1. The minimum Gasteiger partial charge on any atom is -0.288 e. The van der Waals surface area contributed by atoms with Crippen LogP contribution < -0.4 is 11.1 Å². The second kappa shape index (κ2) is 4.32. The van der Waals surface area contributed by atoms with Crippen LogP contribution in [-0.4, -0.2) is 15.0 Å². The fraction of sp³-hybridized carbons (Fsp3) is 0.0476. The lowest BCUT2D eigenvalue weighted by Gasteiger charge is -1.99. The summed E-state index contributed by atoms with van der Waals surface area (Å²) in [5.74, 6) is 0. The molecule has 0 amide bonds. The Bertz CT molecular complexity index is 1630. The topological polar surface area (TPSA) is 75.7 Å². The minimum atomic E-state index is -0.363. The zero-order valence-corrected chi connectivity index (χ0v) is 13.8. The van der Waals surface area contributed by atoms with Crippen LogP contribution in [0.3, 0.4) is 0 Å². The van der Waals surface area contributed by atoms with Gasteiger partial charge in [0.05, 0.1) is 32.8 Å². The predicted molar refractivity (Wildman–Crippen MR) is 104 cm³/mol. The molecule has 3 aromatic carbocycles. The Morgan fingerprint density at radius 2 is 1.35 bits per heavy atom. The molecule has 6 aromatic rings. The second-order valence-corrected chi connectivity index (χ2v) is 6.69. The van der Waals surface area contributed by atoms with Crippen LogP contribution in [0, 0.1) is 6.92 Å². The first-order chi connectivity index (χ1) is 12.6. The molecular weight excluding hydrogens is 326 g/mol. The van der Waals surface area contributed by atoms with Gasteiger partial charge in [0.25, 0.3) is 11.1 Å². The smallest absolute Gasteiger partial charge is 0.259 e. The Kier molecular flexibility index (Phi) is 2.27. The van der Waals surface area contributed by atoms with Gasteiger partial charge < -0.3 is 0 Å². The zero-order chi connectivity index (χ0) is 17.6. The Hall–Kier alpha value is -3.60. The van der Waals surface area contributed by atoms with Crippen molar-refractivity contribution in [3.05, 3.63) is 68.7 Å². The fourth-order valence-corrected chi connectivity index (χ4v) is 4.22. The van der Waals surface area contributed by atoms with Crippen LogP contribution >= 0.6 is 0 Å². The third kappa shape index (κ3) is 1.43. The molecule has 0 aliphatic carbocycles. The number of aromatic nitrogens is 3. The molecule has 0 spiro atoms. The summed E-state index contributed by atoms with van der Waals surface area (Å²) >= 11 is 0. The summed E-state index contributed by atoms with van der Waals surface area (Å²) < 4.78 is 0. The highest BCUT2D eigenvalue weighted by Crippen LogP contribution is 2.40. The van der Waals surface area contributed by atoms with E-state index >= 15 is 0 Å². The quantitative estimate of drug-likeness (QED) is 0.460. The SMILES string of the molecule is Cc1cccc2nc3c4nc5ccccc5c4c4c(=O)[nH]c(=O)c4c3c12. The van der Waals surface area contributed by atoms with Crippen molar-refractivity contribution >= 4 is 54.4 Å². The van der Waals surface area contributed by atoms with Crippen molar-refractivity contribution in [1.29, 1.82) is 0 Å². The maximum atomic E-state index is 12.7. The molecule has 0 fully saturated rings. The van der Waals surface area contributed by atoms with Gasteiger partial charge in [-0.3, -0.25) is 14.6 Å². The van der Waals surface area contributed by atoms with E-state index in [1.54, 1.807) is 0 Å². The van der Waals surface area contributed by atoms with Crippen LogP contribution in [0.2, 0.25) is 0 Å². The van der Waals surface area contributed by atoms with Gasteiger partial charge in [-0.2, -0.15) is 0 Å². The summed E-state index contributed by atoms with van der Waals surface area (Å²) in [5, 5.41) is 4.07. The number of aromatic amines is 1. The maximum Gasteiger partial charge on any atom is 0.259 e. The molecule has 0 aliphatic rings. The molecule has 3 heterocycles. The maximum absolute atomic E-state index is 12.7. The normalized spacial score (nSPS) is 12.3. The predicted octanol–water partition coefficient (Wildman–Crippen LogP) is 3.48. The van der Waals surface area contributed by atoms with Crippen LogP contribution in [0.4, 0.5) is 0 Å².